The van der Waals surface area contributed by atoms with E-state index in [9.17, 15) is 10.0 Å². The fourth-order valence-electron chi connectivity index (χ4n) is 2.83. The molecule has 1 atom stereocenters. The van der Waals surface area contributed by atoms with E-state index in [0.717, 1.165) is 19.5 Å². The fraction of sp³-hybridized carbons (Fsp3) is 0.368. The molecule has 1 unspecified atom stereocenters. The summed E-state index contributed by atoms with van der Waals surface area (Å²) in [5, 5.41) is 14.1. The summed E-state index contributed by atoms with van der Waals surface area (Å²) in [5.74, 6) is -0.152. The number of amides is 1. The van der Waals surface area contributed by atoms with E-state index in [1.807, 2.05) is 18.2 Å². The van der Waals surface area contributed by atoms with E-state index in [-0.39, 0.29) is 11.9 Å². The second-order valence-electron chi connectivity index (χ2n) is 5.72. The lowest BCUT2D eigenvalue weighted by Gasteiger charge is -2.30. The molecule has 0 aliphatic rings. The summed E-state index contributed by atoms with van der Waals surface area (Å²) in [4.78, 5) is 14.6. The molecule has 2 rings (SSSR count). The zero-order chi connectivity index (χ0) is 17.4. The number of nitrogens with zero attached hydrogens (tertiary/aromatic N) is 2. The maximum atomic E-state index is 12.3. The molecule has 0 radical (unpaired) electrons. The van der Waals surface area contributed by atoms with E-state index in [4.69, 9.17) is 0 Å². The van der Waals surface area contributed by atoms with Gasteiger partial charge >= 0.3 is 0 Å². The van der Waals surface area contributed by atoms with Gasteiger partial charge in [0.25, 0.3) is 5.91 Å². The molecular formula is C19H25N3O2. The minimum absolute atomic E-state index is 0.152. The summed E-state index contributed by atoms with van der Waals surface area (Å²) in [6, 6.07) is 13.6. The van der Waals surface area contributed by atoms with Crippen LogP contribution in [0.15, 0.2) is 54.9 Å². The maximum Gasteiger partial charge on any atom is 0.251 e. The maximum absolute atomic E-state index is 12.3. The van der Waals surface area contributed by atoms with Crippen molar-refractivity contribution in [2.75, 3.05) is 19.6 Å². The van der Waals surface area contributed by atoms with Crippen LogP contribution in [-0.2, 0) is 6.42 Å². The Morgan fingerprint density at radius 1 is 1.12 bits per heavy atom. The molecule has 5 nitrogen and oxygen atoms in total. The third kappa shape index (κ3) is 5.06. The average molecular weight is 327 g/mol. The molecular weight excluding hydrogens is 302 g/mol. The largest absolute Gasteiger partial charge is 0.619 e. The van der Waals surface area contributed by atoms with E-state index >= 15 is 0 Å². The Labute approximate surface area is 143 Å². The molecule has 24 heavy (non-hydrogen) atoms. The number of benzene rings is 1. The molecule has 128 valence electrons. The van der Waals surface area contributed by atoms with Gasteiger partial charge in [-0.25, -0.2) is 0 Å². The minimum atomic E-state index is -0.152. The lowest BCUT2D eigenvalue weighted by Crippen LogP contribution is -2.45. The summed E-state index contributed by atoms with van der Waals surface area (Å²) in [7, 11) is 0. The van der Waals surface area contributed by atoms with E-state index in [2.05, 4.69) is 36.2 Å². The number of carbonyl (C=O) groups is 1. The van der Waals surface area contributed by atoms with E-state index in [0.29, 0.717) is 16.8 Å². The molecule has 0 saturated heterocycles. The topological polar surface area (TPSA) is 59.3 Å². The molecule has 1 N–H and O–H groups in total. The Morgan fingerprint density at radius 3 is 2.33 bits per heavy atom. The fourth-order valence-corrected chi connectivity index (χ4v) is 2.83. The number of likely N-dealkylation sites (N-methyl/N-ethyl adjacent to an activating group) is 1. The Hall–Kier alpha value is -2.40. The smallest absolute Gasteiger partial charge is 0.251 e. The molecule has 5 heteroatoms. The third-order valence-corrected chi connectivity index (χ3v) is 4.21. The molecule has 0 aliphatic carbocycles. The summed E-state index contributed by atoms with van der Waals surface area (Å²) in [6.45, 7) is 6.71. The first-order valence-corrected chi connectivity index (χ1v) is 8.39. The first-order chi connectivity index (χ1) is 11.6. The van der Waals surface area contributed by atoms with Gasteiger partial charge in [0.1, 0.15) is 0 Å². The van der Waals surface area contributed by atoms with Crippen LogP contribution < -0.4 is 10.0 Å². The molecule has 2 aromatic rings. The average Bonchev–Trinajstić information content (AvgIpc) is 2.61. The van der Waals surface area contributed by atoms with Gasteiger partial charge in [0, 0.05) is 24.7 Å². The molecule has 0 saturated carbocycles. The first-order valence-electron chi connectivity index (χ1n) is 8.39. The van der Waals surface area contributed by atoms with Crippen LogP contribution in [0.1, 0.15) is 29.8 Å². The Bertz CT molecular complexity index is 625. The normalized spacial score (nSPS) is 12.1. The number of aromatic nitrogens is 1. The van der Waals surface area contributed by atoms with Gasteiger partial charge in [-0.2, -0.15) is 4.73 Å². The summed E-state index contributed by atoms with van der Waals surface area (Å²) < 4.78 is 0.672. The minimum Gasteiger partial charge on any atom is -0.619 e. The zero-order valence-electron chi connectivity index (χ0n) is 14.3. The van der Waals surface area contributed by atoms with Gasteiger partial charge in [-0.3, -0.25) is 9.69 Å². The molecule has 0 aliphatic heterocycles. The third-order valence-electron chi connectivity index (χ3n) is 4.21. The number of rotatable bonds is 8. The van der Waals surface area contributed by atoms with Crippen molar-refractivity contribution in [1.82, 2.24) is 10.2 Å². The van der Waals surface area contributed by atoms with E-state index in [1.54, 1.807) is 0 Å². The van der Waals surface area contributed by atoms with Crippen molar-refractivity contribution in [2.24, 2.45) is 0 Å². The molecule has 1 heterocycles. The number of hydrogen-bond acceptors (Lipinski definition) is 3. The van der Waals surface area contributed by atoms with E-state index in [1.165, 1.54) is 30.1 Å². The summed E-state index contributed by atoms with van der Waals surface area (Å²) in [5.41, 5.74) is 1.76. The quantitative estimate of drug-likeness (QED) is 0.596. The zero-order valence-corrected chi connectivity index (χ0v) is 14.3. The number of pyridine rings is 1. The van der Waals surface area contributed by atoms with Gasteiger partial charge in [-0.1, -0.05) is 44.2 Å². The molecule has 1 amide bonds. The van der Waals surface area contributed by atoms with Crippen LogP contribution in [0.4, 0.5) is 0 Å². The van der Waals surface area contributed by atoms with Crippen molar-refractivity contribution in [3.05, 3.63) is 71.2 Å². The molecule has 0 spiro atoms. The number of carbonyl (C=O) groups excluding carboxylic acids is 1. The monoisotopic (exact) mass is 327 g/mol. The van der Waals surface area contributed by atoms with Crippen molar-refractivity contribution in [3.63, 3.8) is 0 Å². The second-order valence-corrected chi connectivity index (χ2v) is 5.72. The number of hydrogen-bond donors (Lipinski definition) is 1. The van der Waals surface area contributed by atoms with Gasteiger partial charge < -0.3 is 10.5 Å². The van der Waals surface area contributed by atoms with Crippen LogP contribution in [0.3, 0.4) is 0 Å². The standard InChI is InChI=1S/C19H25N3O2/c1-3-21(4-2)18(14-16-8-6-5-7-9-16)15-20-19(23)17-10-12-22(24)13-11-17/h5-13,18H,3-4,14-15H2,1-2H3,(H,20,23). The van der Waals surface area contributed by atoms with E-state index < -0.39 is 0 Å². The van der Waals surface area contributed by atoms with Crippen molar-refractivity contribution in [3.8, 4) is 0 Å². The van der Waals surface area contributed by atoms with Crippen LogP contribution >= 0.6 is 0 Å². The lowest BCUT2D eigenvalue weighted by atomic mass is 10.0. The Morgan fingerprint density at radius 2 is 1.75 bits per heavy atom. The Balaban J connectivity index is 2.02. The van der Waals surface area contributed by atoms with Crippen LogP contribution in [0.5, 0.6) is 0 Å². The van der Waals surface area contributed by atoms with Crippen LogP contribution in [0, 0.1) is 5.21 Å². The van der Waals surface area contributed by atoms with Gasteiger partial charge in [-0.05, 0) is 25.1 Å². The predicted octanol–water partition coefficient (Wildman–Crippen LogP) is 2.00. The van der Waals surface area contributed by atoms with Gasteiger partial charge in [0.2, 0.25) is 0 Å². The summed E-state index contributed by atoms with van der Waals surface area (Å²) in [6.07, 6.45) is 3.56. The second kappa shape index (κ2) is 9.03. The molecule has 1 aromatic heterocycles. The van der Waals surface area contributed by atoms with Gasteiger partial charge in [0.15, 0.2) is 12.4 Å². The van der Waals surface area contributed by atoms with Crippen molar-refractivity contribution in [2.45, 2.75) is 26.3 Å². The van der Waals surface area contributed by atoms with Crippen LogP contribution in [0.2, 0.25) is 0 Å². The number of nitrogens with one attached hydrogen (secondary N) is 1. The molecule has 0 bridgehead atoms. The van der Waals surface area contributed by atoms with Crippen LogP contribution in [0.25, 0.3) is 0 Å². The Kier molecular flexibility index (Phi) is 6.75. The van der Waals surface area contributed by atoms with Crippen molar-refractivity contribution < 1.29 is 9.52 Å². The highest BCUT2D eigenvalue weighted by atomic mass is 16.5. The first kappa shape index (κ1) is 17.9. The van der Waals surface area contributed by atoms with Gasteiger partial charge in [-0.15, -0.1) is 0 Å². The van der Waals surface area contributed by atoms with Gasteiger partial charge in [0.05, 0.1) is 5.56 Å². The lowest BCUT2D eigenvalue weighted by molar-refractivity contribution is -0.605. The SMILES string of the molecule is CCN(CC)C(CNC(=O)c1cc[n+]([O-])cc1)Cc1ccccc1. The predicted molar refractivity (Wildman–Crippen MR) is 94.6 cm³/mol. The summed E-state index contributed by atoms with van der Waals surface area (Å²) >= 11 is 0. The van der Waals surface area contributed by atoms with Crippen LogP contribution in [-0.4, -0.2) is 36.5 Å². The highest BCUT2D eigenvalue weighted by Crippen LogP contribution is 2.09. The molecule has 0 fully saturated rings. The highest BCUT2D eigenvalue weighted by molar-refractivity contribution is 5.93. The van der Waals surface area contributed by atoms with Crippen molar-refractivity contribution >= 4 is 5.91 Å². The highest BCUT2D eigenvalue weighted by Gasteiger charge is 2.18. The molecule has 1 aromatic carbocycles. The van der Waals surface area contributed by atoms with Crippen molar-refractivity contribution in [1.29, 1.82) is 0 Å².